The van der Waals surface area contributed by atoms with E-state index in [1.54, 1.807) is 6.07 Å². The molecule has 0 aliphatic heterocycles. The zero-order chi connectivity index (χ0) is 22.6. The first kappa shape index (κ1) is 24.2. The molecule has 1 aliphatic rings. The summed E-state index contributed by atoms with van der Waals surface area (Å²) in [5.41, 5.74) is 1.77. The lowest BCUT2D eigenvalue weighted by Gasteiger charge is -2.21. The lowest BCUT2D eigenvalue weighted by Crippen LogP contribution is -2.36. The molecule has 2 N–H and O–H groups in total. The third-order valence-corrected chi connectivity index (χ3v) is 6.71. The van der Waals surface area contributed by atoms with Crippen molar-refractivity contribution in [3.63, 3.8) is 0 Å². The molecule has 1 saturated carbocycles. The van der Waals surface area contributed by atoms with Crippen LogP contribution in [0.1, 0.15) is 60.9 Å². The number of thioether (sulfide) groups is 1. The second kappa shape index (κ2) is 13.2. The average molecular weight is 455 g/mol. The van der Waals surface area contributed by atoms with Crippen LogP contribution in [0.25, 0.3) is 0 Å². The maximum atomic E-state index is 12.7. The number of ether oxygens (including phenoxy) is 1. The summed E-state index contributed by atoms with van der Waals surface area (Å²) in [5, 5.41) is 6.10. The second-order valence-electron chi connectivity index (χ2n) is 8.31. The molecule has 0 aromatic heterocycles. The predicted octanol–water partition coefficient (Wildman–Crippen LogP) is 5.13. The summed E-state index contributed by atoms with van der Waals surface area (Å²) in [7, 11) is 0. The van der Waals surface area contributed by atoms with Crippen LogP contribution in [0.3, 0.4) is 0 Å². The molecule has 5 nitrogen and oxygen atoms in total. The van der Waals surface area contributed by atoms with Crippen molar-refractivity contribution in [1.82, 2.24) is 10.6 Å². The van der Waals surface area contributed by atoms with Crippen LogP contribution in [0, 0.1) is 6.92 Å². The fourth-order valence-electron chi connectivity index (χ4n) is 3.86. The van der Waals surface area contributed by atoms with Crippen LogP contribution in [0.5, 0.6) is 5.75 Å². The number of carbonyl (C=O) groups is 2. The normalized spacial score (nSPS) is 14.8. The van der Waals surface area contributed by atoms with Crippen molar-refractivity contribution in [2.24, 2.45) is 0 Å². The minimum Gasteiger partial charge on any atom is -0.492 e. The van der Waals surface area contributed by atoms with E-state index in [9.17, 15) is 9.59 Å². The highest BCUT2D eigenvalue weighted by molar-refractivity contribution is 8.00. The fourth-order valence-corrected chi connectivity index (χ4v) is 4.72. The summed E-state index contributed by atoms with van der Waals surface area (Å²) >= 11 is 1.41. The summed E-state index contributed by atoms with van der Waals surface area (Å²) in [6, 6.07) is 15.5. The summed E-state index contributed by atoms with van der Waals surface area (Å²) in [6.07, 6.45) is 8.36. The molecule has 0 atom stereocenters. The third kappa shape index (κ3) is 8.23. The zero-order valence-corrected chi connectivity index (χ0v) is 19.7. The standard InChI is InChI=1S/C26H34N2O3S/c1-20-13-15-22(16-14-20)31-18-17-27-26(30)23-11-7-8-12-24(23)32-19-25(29)28-21-9-5-3-2-4-6-10-21/h7-8,11-16,21H,2-6,9-10,17-19H2,1H3,(H,27,30)(H,28,29). The molecule has 2 aromatic rings. The Morgan fingerprint density at radius 2 is 1.66 bits per heavy atom. The quantitative estimate of drug-likeness (QED) is 0.407. The molecule has 0 bridgehead atoms. The maximum Gasteiger partial charge on any atom is 0.252 e. The fraction of sp³-hybridized carbons (Fsp3) is 0.462. The molecule has 1 aliphatic carbocycles. The largest absolute Gasteiger partial charge is 0.492 e. The van der Waals surface area contributed by atoms with Gasteiger partial charge in [0.25, 0.3) is 5.91 Å². The average Bonchev–Trinajstić information content (AvgIpc) is 2.78. The van der Waals surface area contributed by atoms with Crippen molar-refractivity contribution in [2.75, 3.05) is 18.9 Å². The lowest BCUT2D eigenvalue weighted by atomic mass is 9.97. The van der Waals surface area contributed by atoms with Gasteiger partial charge in [0.15, 0.2) is 0 Å². The first-order chi connectivity index (χ1) is 15.6. The van der Waals surface area contributed by atoms with Gasteiger partial charge in [0.2, 0.25) is 5.91 Å². The van der Waals surface area contributed by atoms with E-state index in [1.807, 2.05) is 49.4 Å². The molecule has 0 unspecified atom stereocenters. The van der Waals surface area contributed by atoms with Crippen LogP contribution in [0.15, 0.2) is 53.4 Å². The summed E-state index contributed by atoms with van der Waals surface area (Å²) in [5.74, 6) is 0.997. The van der Waals surface area contributed by atoms with Gasteiger partial charge in [-0.25, -0.2) is 0 Å². The maximum absolute atomic E-state index is 12.7. The lowest BCUT2D eigenvalue weighted by molar-refractivity contribution is -0.119. The molecule has 0 spiro atoms. The van der Waals surface area contributed by atoms with E-state index >= 15 is 0 Å². The molecule has 3 rings (SSSR count). The molecule has 172 valence electrons. The Bertz CT molecular complexity index is 862. The van der Waals surface area contributed by atoms with E-state index in [-0.39, 0.29) is 17.9 Å². The predicted molar refractivity (Wildman–Crippen MR) is 130 cm³/mol. The number of benzene rings is 2. The van der Waals surface area contributed by atoms with Crippen molar-refractivity contribution >= 4 is 23.6 Å². The molecule has 0 radical (unpaired) electrons. The molecule has 0 heterocycles. The summed E-state index contributed by atoms with van der Waals surface area (Å²) in [6.45, 7) is 2.84. The summed E-state index contributed by atoms with van der Waals surface area (Å²) < 4.78 is 5.67. The van der Waals surface area contributed by atoms with Gasteiger partial charge in [-0.15, -0.1) is 11.8 Å². The molecule has 0 saturated heterocycles. The molecule has 32 heavy (non-hydrogen) atoms. The number of nitrogens with one attached hydrogen (secondary N) is 2. The van der Waals surface area contributed by atoms with Gasteiger partial charge in [0.05, 0.1) is 17.9 Å². The van der Waals surface area contributed by atoms with Crippen molar-refractivity contribution in [3.8, 4) is 5.75 Å². The Balaban J connectivity index is 1.44. The van der Waals surface area contributed by atoms with Crippen LogP contribution in [-0.2, 0) is 4.79 Å². The van der Waals surface area contributed by atoms with Gasteiger partial charge in [0, 0.05) is 10.9 Å². The number of carbonyl (C=O) groups excluding carboxylic acids is 2. The Kier molecular flexibility index (Phi) is 9.95. The first-order valence-electron chi connectivity index (χ1n) is 11.6. The third-order valence-electron chi connectivity index (χ3n) is 5.64. The molecule has 1 fully saturated rings. The van der Waals surface area contributed by atoms with Crippen LogP contribution < -0.4 is 15.4 Å². The molecule has 6 heteroatoms. The Hall–Kier alpha value is -2.47. The van der Waals surface area contributed by atoms with Crippen LogP contribution in [-0.4, -0.2) is 36.8 Å². The van der Waals surface area contributed by atoms with Gasteiger partial charge >= 0.3 is 0 Å². The van der Waals surface area contributed by atoms with Crippen molar-refractivity contribution in [2.45, 2.75) is 62.8 Å². The second-order valence-corrected chi connectivity index (χ2v) is 9.33. The van der Waals surface area contributed by atoms with Crippen LogP contribution in [0.2, 0.25) is 0 Å². The number of aryl methyl sites for hydroxylation is 1. The van der Waals surface area contributed by atoms with Gasteiger partial charge in [-0.1, -0.05) is 61.9 Å². The van der Waals surface area contributed by atoms with E-state index in [0.717, 1.165) is 23.5 Å². The van der Waals surface area contributed by atoms with Crippen molar-refractivity contribution in [3.05, 3.63) is 59.7 Å². The van der Waals surface area contributed by atoms with Crippen molar-refractivity contribution in [1.29, 1.82) is 0 Å². The SMILES string of the molecule is Cc1ccc(OCCNC(=O)c2ccccc2SCC(=O)NC2CCCCCCC2)cc1. The van der Waals surface area contributed by atoms with Gasteiger partial charge in [-0.05, 0) is 44.0 Å². The van der Waals surface area contributed by atoms with E-state index in [4.69, 9.17) is 4.74 Å². The molecular weight excluding hydrogens is 420 g/mol. The Morgan fingerprint density at radius 3 is 2.41 bits per heavy atom. The van der Waals surface area contributed by atoms with Gasteiger partial charge in [-0.2, -0.15) is 0 Å². The minimum absolute atomic E-state index is 0.0438. The number of rotatable bonds is 9. The van der Waals surface area contributed by atoms with E-state index in [1.165, 1.54) is 49.4 Å². The highest BCUT2D eigenvalue weighted by Gasteiger charge is 2.16. The monoisotopic (exact) mass is 454 g/mol. The van der Waals surface area contributed by atoms with Crippen LogP contribution >= 0.6 is 11.8 Å². The highest BCUT2D eigenvalue weighted by Crippen LogP contribution is 2.23. The first-order valence-corrected chi connectivity index (χ1v) is 12.6. The number of hydrogen-bond acceptors (Lipinski definition) is 4. The summed E-state index contributed by atoms with van der Waals surface area (Å²) in [4.78, 5) is 26.0. The molecule has 2 amide bonds. The Labute approximate surface area is 195 Å². The van der Waals surface area contributed by atoms with E-state index < -0.39 is 0 Å². The van der Waals surface area contributed by atoms with E-state index in [0.29, 0.717) is 24.5 Å². The smallest absolute Gasteiger partial charge is 0.252 e. The zero-order valence-electron chi connectivity index (χ0n) is 18.9. The van der Waals surface area contributed by atoms with Crippen molar-refractivity contribution < 1.29 is 14.3 Å². The highest BCUT2D eigenvalue weighted by atomic mass is 32.2. The van der Waals surface area contributed by atoms with Gasteiger partial charge < -0.3 is 15.4 Å². The molecular formula is C26H34N2O3S. The van der Waals surface area contributed by atoms with E-state index in [2.05, 4.69) is 10.6 Å². The van der Waals surface area contributed by atoms with Gasteiger partial charge in [-0.3, -0.25) is 9.59 Å². The number of hydrogen-bond donors (Lipinski definition) is 2. The Morgan fingerprint density at radius 1 is 0.969 bits per heavy atom. The van der Waals surface area contributed by atoms with Crippen LogP contribution in [0.4, 0.5) is 0 Å². The topological polar surface area (TPSA) is 67.4 Å². The molecule has 2 aromatic carbocycles. The number of amides is 2. The minimum atomic E-state index is -0.152. The van der Waals surface area contributed by atoms with Gasteiger partial charge in [0.1, 0.15) is 12.4 Å².